The number of hydrogen-bond donors (Lipinski definition) is 1. The van der Waals surface area contributed by atoms with Crippen LogP contribution >= 0.6 is 0 Å². The van der Waals surface area contributed by atoms with Crippen molar-refractivity contribution in [3.8, 4) is 0 Å². The molecule has 0 spiro atoms. The molecule has 0 heterocycles. The smallest absolute Gasteiger partial charge is 0.313 e. The van der Waals surface area contributed by atoms with Crippen LogP contribution in [0.2, 0.25) is 0 Å². The molecule has 300 valence electrons. The lowest BCUT2D eigenvalue weighted by Gasteiger charge is -2.27. The van der Waals surface area contributed by atoms with Crippen molar-refractivity contribution in [1.29, 1.82) is 0 Å². The molecular weight excluding hydrogens is 657 g/mol. The van der Waals surface area contributed by atoms with Crippen molar-refractivity contribution >= 4 is 11.8 Å². The first-order valence-electron chi connectivity index (χ1n) is 21.9. The normalized spacial score (nSPS) is 12.7. The number of ether oxygens (including phenoxy) is 1. The number of nitrogens with zero attached hydrogens (tertiary/aromatic N) is 2. The average Bonchev–Trinajstić information content (AvgIpc) is 3.18. The summed E-state index contributed by atoms with van der Waals surface area (Å²) in [5, 5.41) is 10.9. The Labute approximate surface area is 325 Å². The Hall–Kier alpha value is -2.54. The van der Waals surface area contributed by atoms with Crippen molar-refractivity contribution in [2.24, 2.45) is 0 Å². The standard InChI is InChI=1S/C47H78N2O4/c1-5-8-9-10-11-12-13-14-15-16-17-18-19-25-31-45(50)40-49(38-28-37-48(6-2)7-3)36-26-20-21-27-39-53-47(52)41(4)42-32-34-44(35-33-42)46(51)43-29-23-22-24-30-43/h22-24,29-30,32-35,41,45,50H,5-21,25-28,31,36-40H2,1-4H3. The third-order valence-corrected chi connectivity index (χ3v) is 10.9. The zero-order chi connectivity index (χ0) is 38.4. The number of benzene rings is 2. The van der Waals surface area contributed by atoms with Gasteiger partial charge in [-0.3, -0.25) is 9.59 Å². The van der Waals surface area contributed by atoms with E-state index in [2.05, 4.69) is 30.6 Å². The zero-order valence-electron chi connectivity index (χ0n) is 34.5. The molecule has 0 saturated heterocycles. The first kappa shape index (κ1) is 46.6. The number of rotatable bonds is 34. The van der Waals surface area contributed by atoms with Crippen LogP contribution in [0.15, 0.2) is 54.6 Å². The highest BCUT2D eigenvalue weighted by molar-refractivity contribution is 6.09. The Bertz CT molecular complexity index is 1170. The van der Waals surface area contributed by atoms with Crippen LogP contribution in [0.5, 0.6) is 0 Å². The van der Waals surface area contributed by atoms with Gasteiger partial charge in [0.25, 0.3) is 0 Å². The van der Waals surface area contributed by atoms with Crippen molar-refractivity contribution in [2.75, 3.05) is 45.9 Å². The van der Waals surface area contributed by atoms with Crippen molar-refractivity contribution in [1.82, 2.24) is 9.80 Å². The summed E-state index contributed by atoms with van der Waals surface area (Å²) in [6.45, 7) is 15.1. The van der Waals surface area contributed by atoms with E-state index in [-0.39, 0.29) is 23.8 Å². The predicted octanol–water partition coefficient (Wildman–Crippen LogP) is 11.4. The molecule has 0 amide bonds. The van der Waals surface area contributed by atoms with Gasteiger partial charge in [-0.1, -0.05) is 178 Å². The maximum absolute atomic E-state index is 12.8. The van der Waals surface area contributed by atoms with E-state index in [9.17, 15) is 14.7 Å². The number of ketones is 1. The lowest BCUT2D eigenvalue weighted by Crippen LogP contribution is -2.36. The molecule has 0 fully saturated rings. The summed E-state index contributed by atoms with van der Waals surface area (Å²) >= 11 is 0. The minimum absolute atomic E-state index is 0.0217. The molecule has 0 bridgehead atoms. The number of aliphatic hydroxyl groups is 1. The molecule has 0 aliphatic rings. The molecule has 6 heteroatoms. The molecule has 2 rings (SSSR count). The summed E-state index contributed by atoms with van der Waals surface area (Å²) in [4.78, 5) is 30.4. The highest BCUT2D eigenvalue weighted by atomic mass is 16.5. The predicted molar refractivity (Wildman–Crippen MR) is 224 cm³/mol. The largest absolute Gasteiger partial charge is 0.465 e. The van der Waals surface area contributed by atoms with Crippen LogP contribution in [0, 0.1) is 0 Å². The fraction of sp³-hybridized carbons (Fsp3) is 0.702. The molecule has 0 aliphatic carbocycles. The second-order valence-electron chi connectivity index (χ2n) is 15.3. The summed E-state index contributed by atoms with van der Waals surface area (Å²) in [6, 6.07) is 16.5. The minimum Gasteiger partial charge on any atom is -0.465 e. The van der Waals surface area contributed by atoms with Gasteiger partial charge in [0.1, 0.15) is 0 Å². The van der Waals surface area contributed by atoms with Gasteiger partial charge in [0.15, 0.2) is 5.78 Å². The summed E-state index contributed by atoms with van der Waals surface area (Å²) in [5.74, 6) is -0.623. The number of unbranched alkanes of at least 4 members (excludes halogenated alkanes) is 16. The van der Waals surface area contributed by atoms with Crippen molar-refractivity contribution in [2.45, 2.75) is 168 Å². The van der Waals surface area contributed by atoms with E-state index in [4.69, 9.17) is 4.74 Å². The van der Waals surface area contributed by atoms with E-state index in [1.165, 1.54) is 83.5 Å². The van der Waals surface area contributed by atoms with Gasteiger partial charge in [0, 0.05) is 17.7 Å². The maximum atomic E-state index is 12.8. The minimum atomic E-state index is -0.378. The number of carbonyl (C=O) groups is 2. The summed E-state index contributed by atoms with van der Waals surface area (Å²) in [6.07, 6.45) is 24.9. The highest BCUT2D eigenvalue weighted by Crippen LogP contribution is 2.20. The number of carbonyl (C=O) groups excluding carboxylic acids is 2. The van der Waals surface area contributed by atoms with Gasteiger partial charge in [-0.15, -0.1) is 0 Å². The summed E-state index contributed by atoms with van der Waals surface area (Å²) in [7, 11) is 0. The second kappa shape index (κ2) is 30.7. The van der Waals surface area contributed by atoms with Crippen LogP contribution in [-0.4, -0.2) is 78.6 Å². The topological polar surface area (TPSA) is 70.1 Å². The van der Waals surface area contributed by atoms with Crippen molar-refractivity contribution in [3.63, 3.8) is 0 Å². The van der Waals surface area contributed by atoms with Crippen LogP contribution in [0.25, 0.3) is 0 Å². The molecule has 2 unspecified atom stereocenters. The van der Waals surface area contributed by atoms with Gasteiger partial charge in [0.05, 0.1) is 18.6 Å². The molecular formula is C47H78N2O4. The van der Waals surface area contributed by atoms with Crippen LogP contribution < -0.4 is 0 Å². The Kier molecular flexibility index (Phi) is 27.0. The molecule has 0 saturated carbocycles. The second-order valence-corrected chi connectivity index (χ2v) is 15.3. The van der Waals surface area contributed by atoms with Crippen LogP contribution in [0.4, 0.5) is 0 Å². The van der Waals surface area contributed by atoms with Crippen LogP contribution in [-0.2, 0) is 9.53 Å². The summed E-state index contributed by atoms with van der Waals surface area (Å²) in [5.41, 5.74) is 2.12. The van der Waals surface area contributed by atoms with E-state index in [0.717, 1.165) is 89.8 Å². The Morgan fingerprint density at radius 1 is 0.585 bits per heavy atom. The summed E-state index contributed by atoms with van der Waals surface area (Å²) < 4.78 is 5.63. The van der Waals surface area contributed by atoms with E-state index in [1.807, 2.05) is 49.4 Å². The quantitative estimate of drug-likeness (QED) is 0.0438. The monoisotopic (exact) mass is 735 g/mol. The van der Waals surface area contributed by atoms with Crippen molar-refractivity contribution < 1.29 is 19.4 Å². The molecule has 0 radical (unpaired) electrons. The third-order valence-electron chi connectivity index (χ3n) is 10.9. The number of esters is 1. The van der Waals surface area contributed by atoms with Gasteiger partial charge in [-0.05, 0) is 70.9 Å². The van der Waals surface area contributed by atoms with Crippen molar-refractivity contribution in [3.05, 3.63) is 71.3 Å². The zero-order valence-corrected chi connectivity index (χ0v) is 34.5. The molecule has 53 heavy (non-hydrogen) atoms. The Morgan fingerprint density at radius 3 is 1.66 bits per heavy atom. The third kappa shape index (κ3) is 21.8. The van der Waals surface area contributed by atoms with E-state index >= 15 is 0 Å². The average molecular weight is 735 g/mol. The van der Waals surface area contributed by atoms with E-state index in [0.29, 0.717) is 17.7 Å². The fourth-order valence-electron chi connectivity index (χ4n) is 7.22. The van der Waals surface area contributed by atoms with Gasteiger partial charge in [-0.2, -0.15) is 0 Å². The lowest BCUT2D eigenvalue weighted by molar-refractivity contribution is -0.145. The molecule has 1 N–H and O–H groups in total. The first-order chi connectivity index (χ1) is 25.9. The fourth-order valence-corrected chi connectivity index (χ4v) is 7.22. The van der Waals surface area contributed by atoms with E-state index < -0.39 is 0 Å². The molecule has 2 aromatic rings. The van der Waals surface area contributed by atoms with Gasteiger partial charge in [0.2, 0.25) is 0 Å². The first-order valence-corrected chi connectivity index (χ1v) is 21.9. The van der Waals surface area contributed by atoms with Gasteiger partial charge in [-0.25, -0.2) is 0 Å². The van der Waals surface area contributed by atoms with Crippen LogP contribution in [0.3, 0.4) is 0 Å². The lowest BCUT2D eigenvalue weighted by atomic mass is 9.97. The molecule has 2 aromatic carbocycles. The molecule has 0 aromatic heterocycles. The van der Waals surface area contributed by atoms with E-state index in [1.54, 1.807) is 12.1 Å². The maximum Gasteiger partial charge on any atom is 0.313 e. The highest BCUT2D eigenvalue weighted by Gasteiger charge is 2.18. The molecule has 2 atom stereocenters. The van der Waals surface area contributed by atoms with Gasteiger partial charge < -0.3 is 19.6 Å². The van der Waals surface area contributed by atoms with Gasteiger partial charge >= 0.3 is 5.97 Å². The SMILES string of the molecule is CCCCCCCCCCCCCCCCC(O)CN(CCCCCCOC(=O)C(C)c1ccc(C(=O)c2ccccc2)cc1)CCCN(CC)CC. The number of aliphatic hydroxyl groups excluding tert-OH is 1. The molecule has 6 nitrogen and oxygen atoms in total. The van der Waals surface area contributed by atoms with Crippen LogP contribution in [0.1, 0.15) is 184 Å². The molecule has 0 aliphatic heterocycles. The Morgan fingerprint density at radius 2 is 1.08 bits per heavy atom. The number of hydrogen-bond acceptors (Lipinski definition) is 6. The Balaban J connectivity index is 1.60.